The summed E-state index contributed by atoms with van der Waals surface area (Å²) in [5, 5.41) is 10.9. The van der Waals surface area contributed by atoms with E-state index in [2.05, 4.69) is 4.74 Å². The first-order valence-electron chi connectivity index (χ1n) is 6.14. The van der Waals surface area contributed by atoms with Gasteiger partial charge in [-0.1, -0.05) is 13.0 Å². The van der Waals surface area contributed by atoms with Gasteiger partial charge in [-0.15, -0.1) is 0 Å². The zero-order chi connectivity index (χ0) is 15.1. The molecule has 0 aliphatic rings. The first-order chi connectivity index (χ1) is 9.49. The van der Waals surface area contributed by atoms with Gasteiger partial charge in [-0.05, 0) is 31.1 Å². The van der Waals surface area contributed by atoms with Gasteiger partial charge in [-0.25, -0.2) is 4.79 Å². The second kappa shape index (κ2) is 7.28. The molecule has 20 heavy (non-hydrogen) atoms. The van der Waals surface area contributed by atoms with Crippen molar-refractivity contribution in [1.82, 2.24) is 0 Å². The monoisotopic (exact) mass is 279 g/mol. The highest BCUT2D eigenvalue weighted by Crippen LogP contribution is 2.27. The third-order valence-corrected chi connectivity index (χ3v) is 2.71. The Bertz CT molecular complexity index is 536. The lowest BCUT2D eigenvalue weighted by molar-refractivity contribution is -0.385. The molecular formula is C14H17NO5. The smallest absolute Gasteiger partial charge is 0.333 e. The van der Waals surface area contributed by atoms with Crippen molar-refractivity contribution >= 4 is 11.7 Å². The van der Waals surface area contributed by atoms with E-state index >= 15 is 0 Å². The van der Waals surface area contributed by atoms with Crippen molar-refractivity contribution in [3.05, 3.63) is 45.5 Å². The molecule has 0 bridgehead atoms. The van der Waals surface area contributed by atoms with E-state index in [-0.39, 0.29) is 18.0 Å². The standard InChI is InChI=1S/C14H17NO5/c1-4-11(14(16)19-3)7-8-20-13-9-10(2)5-6-12(13)15(17)18/h5-7,9H,4,8H2,1-3H3. The molecule has 6 nitrogen and oxygen atoms in total. The largest absolute Gasteiger partial charge is 0.483 e. The molecule has 6 heteroatoms. The maximum atomic E-state index is 11.4. The summed E-state index contributed by atoms with van der Waals surface area (Å²) in [5.41, 5.74) is 1.24. The molecular weight excluding hydrogens is 262 g/mol. The average Bonchev–Trinajstić information content (AvgIpc) is 2.42. The number of aryl methyl sites for hydroxylation is 1. The predicted octanol–water partition coefficient (Wildman–Crippen LogP) is 2.79. The van der Waals surface area contributed by atoms with Crippen molar-refractivity contribution in [1.29, 1.82) is 0 Å². The summed E-state index contributed by atoms with van der Waals surface area (Å²) in [4.78, 5) is 21.7. The second-order valence-electron chi connectivity index (χ2n) is 4.11. The number of nitrogens with zero attached hydrogens (tertiary/aromatic N) is 1. The fourth-order valence-corrected chi connectivity index (χ4v) is 1.62. The zero-order valence-corrected chi connectivity index (χ0v) is 11.7. The Morgan fingerprint density at radius 3 is 2.70 bits per heavy atom. The first-order valence-corrected chi connectivity index (χ1v) is 6.14. The molecule has 0 atom stereocenters. The second-order valence-corrected chi connectivity index (χ2v) is 4.11. The lowest BCUT2D eigenvalue weighted by Crippen LogP contribution is -2.06. The van der Waals surface area contributed by atoms with E-state index in [9.17, 15) is 14.9 Å². The van der Waals surface area contributed by atoms with Crippen LogP contribution in [0, 0.1) is 17.0 Å². The number of nitro benzene ring substituents is 1. The van der Waals surface area contributed by atoms with Gasteiger partial charge < -0.3 is 9.47 Å². The van der Waals surface area contributed by atoms with E-state index in [0.29, 0.717) is 12.0 Å². The Balaban J connectivity index is 2.84. The number of carbonyl (C=O) groups is 1. The fraction of sp³-hybridized carbons (Fsp3) is 0.357. The molecule has 0 aromatic heterocycles. The highest BCUT2D eigenvalue weighted by atomic mass is 16.6. The molecule has 0 N–H and O–H groups in total. The van der Waals surface area contributed by atoms with Crippen LogP contribution in [0.1, 0.15) is 18.9 Å². The number of methoxy groups -OCH3 is 1. The SMILES string of the molecule is CCC(=CCOc1cc(C)ccc1[N+](=O)[O-])C(=O)OC. The number of hydrogen-bond donors (Lipinski definition) is 0. The molecule has 1 aromatic rings. The minimum Gasteiger partial charge on any atom is -0.483 e. The normalized spacial score (nSPS) is 11.1. The number of carbonyl (C=O) groups excluding carboxylic acids is 1. The maximum Gasteiger partial charge on any atom is 0.333 e. The molecule has 0 fully saturated rings. The summed E-state index contributed by atoms with van der Waals surface area (Å²) < 4.78 is 10.00. The molecule has 0 saturated carbocycles. The van der Waals surface area contributed by atoms with Crippen LogP contribution in [0.3, 0.4) is 0 Å². The minimum absolute atomic E-state index is 0.0720. The topological polar surface area (TPSA) is 78.7 Å². The Labute approximate surface area is 117 Å². The van der Waals surface area contributed by atoms with Gasteiger partial charge in [0.05, 0.1) is 12.0 Å². The van der Waals surface area contributed by atoms with Crippen molar-refractivity contribution in [3.63, 3.8) is 0 Å². The molecule has 108 valence electrons. The minimum atomic E-state index is -0.500. The van der Waals surface area contributed by atoms with Crippen LogP contribution in [-0.2, 0) is 9.53 Å². The number of benzene rings is 1. The van der Waals surface area contributed by atoms with Gasteiger partial charge in [0, 0.05) is 11.6 Å². The van der Waals surface area contributed by atoms with Crippen molar-refractivity contribution in [3.8, 4) is 5.75 Å². The van der Waals surface area contributed by atoms with Crippen LogP contribution in [0.15, 0.2) is 29.8 Å². The zero-order valence-electron chi connectivity index (χ0n) is 11.7. The highest BCUT2D eigenvalue weighted by Gasteiger charge is 2.14. The molecule has 0 spiro atoms. The van der Waals surface area contributed by atoms with Crippen LogP contribution in [-0.4, -0.2) is 24.6 Å². The Hall–Kier alpha value is -2.37. The van der Waals surface area contributed by atoms with Crippen molar-refractivity contribution < 1.29 is 19.2 Å². The molecule has 0 unspecified atom stereocenters. The van der Waals surface area contributed by atoms with E-state index in [1.54, 1.807) is 18.2 Å². The van der Waals surface area contributed by atoms with Crippen LogP contribution >= 0.6 is 0 Å². The fourth-order valence-electron chi connectivity index (χ4n) is 1.62. The third-order valence-electron chi connectivity index (χ3n) is 2.71. The van der Waals surface area contributed by atoms with E-state index in [1.165, 1.54) is 13.2 Å². The number of hydrogen-bond acceptors (Lipinski definition) is 5. The number of rotatable bonds is 6. The predicted molar refractivity (Wildman–Crippen MR) is 73.7 cm³/mol. The highest BCUT2D eigenvalue weighted by molar-refractivity contribution is 5.88. The summed E-state index contributed by atoms with van der Waals surface area (Å²) in [6.07, 6.45) is 2.07. The summed E-state index contributed by atoms with van der Waals surface area (Å²) in [5.74, 6) is -0.235. The summed E-state index contributed by atoms with van der Waals surface area (Å²) >= 11 is 0. The van der Waals surface area contributed by atoms with Crippen LogP contribution in [0.25, 0.3) is 0 Å². The quantitative estimate of drug-likeness (QED) is 0.346. The molecule has 0 heterocycles. The van der Waals surface area contributed by atoms with E-state index in [0.717, 1.165) is 5.56 Å². The Morgan fingerprint density at radius 2 is 2.15 bits per heavy atom. The van der Waals surface area contributed by atoms with E-state index in [4.69, 9.17) is 4.74 Å². The number of nitro groups is 1. The summed E-state index contributed by atoms with van der Waals surface area (Å²) in [7, 11) is 1.30. The van der Waals surface area contributed by atoms with Gasteiger partial charge in [0.1, 0.15) is 6.61 Å². The van der Waals surface area contributed by atoms with Crippen LogP contribution in [0.2, 0.25) is 0 Å². The van der Waals surface area contributed by atoms with Crippen molar-refractivity contribution in [2.45, 2.75) is 20.3 Å². The van der Waals surface area contributed by atoms with Gasteiger partial charge >= 0.3 is 11.7 Å². The van der Waals surface area contributed by atoms with Gasteiger partial charge in [-0.2, -0.15) is 0 Å². The van der Waals surface area contributed by atoms with E-state index in [1.807, 2.05) is 13.8 Å². The van der Waals surface area contributed by atoms with Crippen molar-refractivity contribution in [2.75, 3.05) is 13.7 Å². The van der Waals surface area contributed by atoms with Crippen LogP contribution in [0.4, 0.5) is 5.69 Å². The van der Waals surface area contributed by atoms with E-state index < -0.39 is 10.9 Å². The molecule has 0 amide bonds. The first kappa shape index (κ1) is 15.7. The van der Waals surface area contributed by atoms with Gasteiger partial charge in [-0.3, -0.25) is 10.1 Å². The Kier molecular flexibility index (Phi) is 5.71. The van der Waals surface area contributed by atoms with Crippen LogP contribution in [0.5, 0.6) is 5.75 Å². The van der Waals surface area contributed by atoms with Gasteiger partial charge in [0.15, 0.2) is 5.75 Å². The Morgan fingerprint density at radius 1 is 1.45 bits per heavy atom. The number of esters is 1. The summed E-state index contributed by atoms with van der Waals surface area (Å²) in [6.45, 7) is 3.71. The molecule has 0 aliphatic heterocycles. The third kappa shape index (κ3) is 4.08. The molecule has 1 rings (SSSR count). The number of ether oxygens (including phenoxy) is 2. The maximum absolute atomic E-state index is 11.4. The molecule has 1 aromatic carbocycles. The van der Waals surface area contributed by atoms with Gasteiger partial charge in [0.25, 0.3) is 0 Å². The molecule has 0 radical (unpaired) electrons. The van der Waals surface area contributed by atoms with Crippen LogP contribution < -0.4 is 4.74 Å². The van der Waals surface area contributed by atoms with Crippen molar-refractivity contribution in [2.24, 2.45) is 0 Å². The summed E-state index contributed by atoms with van der Waals surface area (Å²) in [6, 6.07) is 4.64. The molecule has 0 saturated heterocycles. The molecule has 0 aliphatic carbocycles. The average molecular weight is 279 g/mol. The van der Waals surface area contributed by atoms with Gasteiger partial charge in [0.2, 0.25) is 0 Å². The lowest BCUT2D eigenvalue weighted by atomic mass is 10.2. The lowest BCUT2D eigenvalue weighted by Gasteiger charge is -2.06.